The Bertz CT molecular complexity index is 1170. The largest absolute Gasteiger partial charge is 0.505 e. The van der Waals surface area contributed by atoms with E-state index in [0.717, 1.165) is 39.5 Å². The Labute approximate surface area is 176 Å². The Hall–Kier alpha value is -3.60. The number of aromatic hydroxyl groups is 1. The van der Waals surface area contributed by atoms with Gasteiger partial charge in [-0.2, -0.15) is 0 Å². The molecule has 2 heterocycles. The van der Waals surface area contributed by atoms with Crippen molar-refractivity contribution in [2.45, 2.75) is 26.8 Å². The van der Waals surface area contributed by atoms with Gasteiger partial charge in [0.25, 0.3) is 5.82 Å². The van der Waals surface area contributed by atoms with Gasteiger partial charge in [-0.15, -0.1) is 0 Å². The molecule has 152 valence electrons. The van der Waals surface area contributed by atoms with E-state index in [-0.39, 0.29) is 11.8 Å². The monoisotopic (exact) mass is 400 g/mol. The van der Waals surface area contributed by atoms with Gasteiger partial charge in [0.2, 0.25) is 0 Å². The van der Waals surface area contributed by atoms with Crippen molar-refractivity contribution < 1.29 is 14.8 Å². The van der Waals surface area contributed by atoms with E-state index in [0.29, 0.717) is 12.1 Å². The number of ether oxygens (including phenoxy) is 1. The Morgan fingerprint density at radius 3 is 2.50 bits per heavy atom. The maximum absolute atomic E-state index is 11.1. The summed E-state index contributed by atoms with van der Waals surface area (Å²) in [4.78, 5) is 7.91. The summed E-state index contributed by atoms with van der Waals surface area (Å²) in [6.07, 6.45) is 0. The number of hydrogen-bond donors (Lipinski definition) is 2. The lowest BCUT2D eigenvalue weighted by molar-refractivity contribution is -0.371. The summed E-state index contributed by atoms with van der Waals surface area (Å²) >= 11 is 0. The first-order chi connectivity index (χ1) is 14.5. The number of fused-ring (bicyclic) bond motifs is 1. The molecule has 0 saturated heterocycles. The maximum atomic E-state index is 11.1. The van der Waals surface area contributed by atoms with Gasteiger partial charge in [0.1, 0.15) is 23.1 Å². The molecule has 0 aliphatic heterocycles. The number of phenols is 1. The van der Waals surface area contributed by atoms with Crippen molar-refractivity contribution in [2.75, 3.05) is 11.9 Å². The number of H-pyrrole nitrogens is 1. The molecule has 2 aromatic heterocycles. The Morgan fingerprint density at radius 2 is 1.77 bits per heavy atom. The van der Waals surface area contributed by atoms with Crippen LogP contribution >= 0.6 is 0 Å². The van der Waals surface area contributed by atoms with Crippen molar-refractivity contribution in [3.8, 4) is 11.5 Å². The average molecular weight is 401 g/mol. The van der Waals surface area contributed by atoms with Crippen LogP contribution < -0.4 is 15.0 Å². The number of nitrogens with zero attached hydrogens (tertiary/aromatic N) is 1. The summed E-state index contributed by atoms with van der Waals surface area (Å²) in [6.45, 7) is 6.52. The van der Waals surface area contributed by atoms with Gasteiger partial charge in [-0.25, -0.2) is 9.97 Å². The minimum Gasteiger partial charge on any atom is -0.505 e. The molecule has 0 amide bonds. The fraction of sp³-hybridized carbons (Fsp3) is 0.200. The van der Waals surface area contributed by atoms with E-state index in [1.165, 1.54) is 0 Å². The topological polar surface area (TPSA) is 68.5 Å². The van der Waals surface area contributed by atoms with Crippen LogP contribution in [0.5, 0.6) is 11.5 Å². The maximum Gasteiger partial charge on any atom is 0.273 e. The highest BCUT2D eigenvalue weighted by atomic mass is 16.5. The quantitative estimate of drug-likeness (QED) is 0.479. The number of hydrogen-bond acceptors (Lipinski definition) is 4. The molecule has 0 aliphatic carbocycles. The molecule has 0 spiro atoms. The fourth-order valence-electron chi connectivity index (χ4n) is 3.61. The van der Waals surface area contributed by atoms with Gasteiger partial charge in [-0.3, -0.25) is 5.32 Å². The molecule has 0 bridgehead atoms. The van der Waals surface area contributed by atoms with Crippen molar-refractivity contribution in [3.05, 3.63) is 89.2 Å². The third-order valence-corrected chi connectivity index (χ3v) is 5.08. The van der Waals surface area contributed by atoms with E-state index < -0.39 is 0 Å². The number of nitrogens with one attached hydrogen (secondary N) is 2. The zero-order valence-corrected chi connectivity index (χ0v) is 17.4. The number of rotatable bonds is 6. The summed E-state index contributed by atoms with van der Waals surface area (Å²) in [6, 6.07) is 21.5. The molecule has 4 aromatic rings. The van der Waals surface area contributed by atoms with Gasteiger partial charge in [0.05, 0.1) is 12.3 Å². The zero-order valence-electron chi connectivity index (χ0n) is 17.4. The van der Waals surface area contributed by atoms with Crippen LogP contribution in [-0.2, 0) is 0 Å². The van der Waals surface area contributed by atoms with Gasteiger partial charge in [0, 0.05) is 28.3 Å². The van der Waals surface area contributed by atoms with Gasteiger partial charge in [-0.1, -0.05) is 30.3 Å². The second-order valence-electron chi connectivity index (χ2n) is 7.35. The Morgan fingerprint density at radius 1 is 1.00 bits per heavy atom. The molecule has 0 radical (unpaired) electrons. The molecule has 3 N–H and O–H groups in total. The first-order valence-electron chi connectivity index (χ1n) is 10.1. The van der Waals surface area contributed by atoms with Crippen LogP contribution in [0.25, 0.3) is 10.9 Å². The molecule has 0 aliphatic rings. The zero-order chi connectivity index (χ0) is 21.1. The second kappa shape index (κ2) is 8.41. The number of pyridine rings is 2. The SMILES string of the molecule is CCOc1ccc([C@@H](Nc2cccc(C)[nH+]2)c2ccc3ccc(C)nc3c2O)cc1. The van der Waals surface area contributed by atoms with Crippen LogP contribution in [0, 0.1) is 13.8 Å². The van der Waals surface area contributed by atoms with Crippen molar-refractivity contribution in [1.29, 1.82) is 0 Å². The van der Waals surface area contributed by atoms with E-state index in [1.807, 2.05) is 87.5 Å². The first kappa shape index (κ1) is 19.7. The standard InChI is InChI=1S/C25H25N3O2/c1-4-30-20-13-10-18(11-14-20)23(28-22-7-5-6-16(2)26-22)21-15-12-19-9-8-17(3)27-24(19)25(21)29/h5-15,23,29H,4H2,1-3H3,(H,26,28)/p+1/t23-/m1/s1. The Balaban J connectivity index is 1.82. The number of aryl methyl sites for hydroxylation is 2. The first-order valence-corrected chi connectivity index (χ1v) is 10.1. The van der Waals surface area contributed by atoms with E-state index in [1.54, 1.807) is 0 Å². The number of aromatic nitrogens is 2. The highest BCUT2D eigenvalue weighted by molar-refractivity contribution is 5.86. The van der Waals surface area contributed by atoms with Crippen molar-refractivity contribution in [1.82, 2.24) is 4.98 Å². The predicted molar refractivity (Wildman–Crippen MR) is 119 cm³/mol. The van der Waals surface area contributed by atoms with Crippen LogP contribution in [0.15, 0.2) is 66.7 Å². The number of phenolic OH excluding ortho intramolecular Hbond substituents is 1. The summed E-state index contributed by atoms with van der Waals surface area (Å²) < 4.78 is 5.59. The van der Waals surface area contributed by atoms with Crippen LogP contribution in [0.3, 0.4) is 0 Å². The highest BCUT2D eigenvalue weighted by Gasteiger charge is 2.24. The lowest BCUT2D eigenvalue weighted by Gasteiger charge is -2.18. The summed E-state index contributed by atoms with van der Waals surface area (Å²) in [5, 5.41) is 15.6. The minimum absolute atomic E-state index is 0.190. The molecule has 5 heteroatoms. The van der Waals surface area contributed by atoms with Gasteiger partial charge < -0.3 is 9.84 Å². The van der Waals surface area contributed by atoms with E-state index in [2.05, 4.69) is 15.3 Å². The molecular formula is C25H26N3O2+. The van der Waals surface area contributed by atoms with Crippen LogP contribution in [-0.4, -0.2) is 16.7 Å². The highest BCUT2D eigenvalue weighted by Crippen LogP contribution is 2.36. The lowest BCUT2D eigenvalue weighted by Crippen LogP contribution is -2.20. The third-order valence-electron chi connectivity index (χ3n) is 5.08. The molecule has 0 fully saturated rings. The van der Waals surface area contributed by atoms with E-state index in [9.17, 15) is 5.11 Å². The van der Waals surface area contributed by atoms with Crippen LogP contribution in [0.2, 0.25) is 0 Å². The normalized spacial score (nSPS) is 12.0. The molecule has 0 saturated carbocycles. The summed E-state index contributed by atoms with van der Waals surface area (Å²) in [5.74, 6) is 1.88. The molecule has 0 unspecified atom stereocenters. The molecule has 5 nitrogen and oxygen atoms in total. The second-order valence-corrected chi connectivity index (χ2v) is 7.35. The summed E-state index contributed by atoms with van der Waals surface area (Å²) in [7, 11) is 0. The number of aromatic amines is 1. The summed E-state index contributed by atoms with van der Waals surface area (Å²) in [5.41, 5.74) is 4.30. The van der Waals surface area contributed by atoms with Crippen molar-refractivity contribution in [3.63, 3.8) is 0 Å². The minimum atomic E-state index is -0.273. The van der Waals surface area contributed by atoms with Gasteiger partial charge in [-0.05, 0) is 51.1 Å². The van der Waals surface area contributed by atoms with Crippen LogP contribution in [0.1, 0.15) is 35.5 Å². The molecular weight excluding hydrogens is 374 g/mol. The van der Waals surface area contributed by atoms with E-state index in [4.69, 9.17) is 4.74 Å². The van der Waals surface area contributed by atoms with Crippen molar-refractivity contribution in [2.24, 2.45) is 0 Å². The number of anilines is 1. The molecule has 1 atom stereocenters. The average Bonchev–Trinajstić information content (AvgIpc) is 2.74. The van der Waals surface area contributed by atoms with E-state index >= 15 is 0 Å². The molecule has 2 aromatic carbocycles. The molecule has 4 rings (SSSR count). The van der Waals surface area contributed by atoms with Gasteiger partial charge >= 0.3 is 0 Å². The smallest absolute Gasteiger partial charge is 0.273 e. The van der Waals surface area contributed by atoms with Gasteiger partial charge in [0.15, 0.2) is 0 Å². The fourth-order valence-corrected chi connectivity index (χ4v) is 3.61. The predicted octanol–water partition coefficient (Wildman–Crippen LogP) is 4.97. The Kier molecular flexibility index (Phi) is 5.53. The third kappa shape index (κ3) is 4.06. The van der Waals surface area contributed by atoms with Crippen molar-refractivity contribution >= 4 is 16.7 Å². The number of benzene rings is 2. The van der Waals surface area contributed by atoms with Crippen LogP contribution in [0.4, 0.5) is 5.82 Å². The molecule has 30 heavy (non-hydrogen) atoms. The lowest BCUT2D eigenvalue weighted by atomic mass is 9.96.